The molecule has 0 saturated heterocycles. The molecule has 0 bridgehead atoms. The van der Waals surface area contributed by atoms with Crippen molar-refractivity contribution >= 4 is 21.6 Å². The van der Waals surface area contributed by atoms with Crippen molar-refractivity contribution in [1.29, 1.82) is 0 Å². The molecule has 4 nitrogen and oxygen atoms in total. The Morgan fingerprint density at radius 1 is 1.29 bits per heavy atom. The zero-order valence-electron chi connectivity index (χ0n) is 11.6. The number of hydrogen-bond donors (Lipinski definition) is 1. The maximum Gasteiger partial charge on any atom is 0.260 e. The van der Waals surface area contributed by atoms with Crippen LogP contribution in [0.1, 0.15) is 16.3 Å². The van der Waals surface area contributed by atoms with E-state index >= 15 is 0 Å². The van der Waals surface area contributed by atoms with Gasteiger partial charge in [0.05, 0.1) is 5.39 Å². The van der Waals surface area contributed by atoms with Crippen LogP contribution in [0.3, 0.4) is 0 Å². The van der Waals surface area contributed by atoms with E-state index in [1.807, 2.05) is 13.8 Å². The summed E-state index contributed by atoms with van der Waals surface area (Å²) in [6.07, 6.45) is 0. The zero-order valence-corrected chi connectivity index (χ0v) is 12.4. The first kappa shape index (κ1) is 13.8. The van der Waals surface area contributed by atoms with Gasteiger partial charge < -0.3 is 9.72 Å². The second kappa shape index (κ2) is 5.29. The van der Waals surface area contributed by atoms with Gasteiger partial charge in [-0.15, -0.1) is 11.3 Å². The number of halogens is 1. The van der Waals surface area contributed by atoms with Gasteiger partial charge in [0.2, 0.25) is 0 Å². The minimum Gasteiger partial charge on any atom is -0.486 e. The number of H-pyrrole nitrogens is 1. The summed E-state index contributed by atoms with van der Waals surface area (Å²) in [7, 11) is 0. The van der Waals surface area contributed by atoms with E-state index in [4.69, 9.17) is 4.74 Å². The van der Waals surface area contributed by atoms with Gasteiger partial charge in [0.15, 0.2) is 0 Å². The van der Waals surface area contributed by atoms with Crippen molar-refractivity contribution < 1.29 is 9.13 Å². The van der Waals surface area contributed by atoms with E-state index in [1.54, 1.807) is 0 Å². The number of thiophene rings is 1. The lowest BCUT2D eigenvalue weighted by Crippen LogP contribution is -2.13. The fourth-order valence-corrected chi connectivity index (χ4v) is 3.10. The SMILES string of the molecule is Cc1sc2nc(COc3ccc(F)cc3)[nH]c(=O)c2c1C. The molecule has 0 unspecified atom stereocenters. The molecule has 0 radical (unpaired) electrons. The second-order valence-corrected chi connectivity index (χ2v) is 5.92. The topological polar surface area (TPSA) is 55.0 Å². The summed E-state index contributed by atoms with van der Waals surface area (Å²) in [6.45, 7) is 4.02. The van der Waals surface area contributed by atoms with Crippen LogP contribution in [0.2, 0.25) is 0 Å². The van der Waals surface area contributed by atoms with Crippen LogP contribution in [0, 0.1) is 19.7 Å². The Hall–Kier alpha value is -2.21. The van der Waals surface area contributed by atoms with Gasteiger partial charge in [-0.3, -0.25) is 4.79 Å². The van der Waals surface area contributed by atoms with E-state index in [0.29, 0.717) is 21.8 Å². The molecule has 0 fully saturated rings. The first-order chi connectivity index (χ1) is 10.0. The van der Waals surface area contributed by atoms with Crippen molar-refractivity contribution in [1.82, 2.24) is 9.97 Å². The Balaban J connectivity index is 1.88. The second-order valence-electron chi connectivity index (χ2n) is 4.72. The number of aromatic amines is 1. The number of nitrogens with one attached hydrogen (secondary N) is 1. The molecule has 0 aliphatic heterocycles. The molecule has 0 aliphatic rings. The van der Waals surface area contributed by atoms with E-state index in [0.717, 1.165) is 10.4 Å². The van der Waals surface area contributed by atoms with Crippen molar-refractivity contribution in [3.8, 4) is 5.75 Å². The molecule has 0 saturated carbocycles. The quantitative estimate of drug-likeness (QED) is 0.807. The predicted molar refractivity (Wildman–Crippen MR) is 80.4 cm³/mol. The highest BCUT2D eigenvalue weighted by Crippen LogP contribution is 2.25. The Morgan fingerprint density at radius 2 is 2.00 bits per heavy atom. The molecule has 2 aromatic heterocycles. The van der Waals surface area contributed by atoms with E-state index in [-0.39, 0.29) is 18.0 Å². The van der Waals surface area contributed by atoms with Crippen molar-refractivity contribution in [2.45, 2.75) is 20.5 Å². The van der Waals surface area contributed by atoms with Crippen LogP contribution in [-0.2, 0) is 6.61 Å². The lowest BCUT2D eigenvalue weighted by molar-refractivity contribution is 0.295. The highest BCUT2D eigenvalue weighted by atomic mass is 32.1. The molecule has 2 heterocycles. The molecule has 0 aliphatic carbocycles. The van der Waals surface area contributed by atoms with Crippen LogP contribution < -0.4 is 10.3 Å². The molecular weight excluding hydrogens is 291 g/mol. The van der Waals surface area contributed by atoms with Gasteiger partial charge >= 0.3 is 0 Å². The Morgan fingerprint density at radius 3 is 2.71 bits per heavy atom. The molecule has 0 atom stereocenters. The zero-order chi connectivity index (χ0) is 15.0. The number of hydrogen-bond acceptors (Lipinski definition) is 4. The largest absolute Gasteiger partial charge is 0.486 e. The van der Waals surface area contributed by atoms with Crippen molar-refractivity contribution in [2.75, 3.05) is 0 Å². The van der Waals surface area contributed by atoms with Crippen molar-refractivity contribution in [3.63, 3.8) is 0 Å². The van der Waals surface area contributed by atoms with Crippen molar-refractivity contribution in [3.05, 3.63) is 56.7 Å². The summed E-state index contributed by atoms with van der Waals surface area (Å²) in [5.41, 5.74) is 0.814. The highest BCUT2D eigenvalue weighted by Gasteiger charge is 2.11. The molecule has 108 valence electrons. The summed E-state index contributed by atoms with van der Waals surface area (Å²) < 4.78 is 18.3. The third-order valence-corrected chi connectivity index (χ3v) is 4.38. The molecule has 3 aromatic rings. The Bertz CT molecular complexity index is 852. The molecular formula is C15H13FN2O2S. The van der Waals surface area contributed by atoms with Gasteiger partial charge in [-0.1, -0.05) is 0 Å². The average molecular weight is 304 g/mol. The van der Waals surface area contributed by atoms with Crippen LogP contribution >= 0.6 is 11.3 Å². The number of aromatic nitrogens is 2. The summed E-state index contributed by atoms with van der Waals surface area (Å²) in [4.78, 5) is 21.0. The lowest BCUT2D eigenvalue weighted by atomic mass is 10.2. The van der Waals surface area contributed by atoms with Crippen LogP contribution in [0.15, 0.2) is 29.1 Å². The Kier molecular flexibility index (Phi) is 3.47. The first-order valence-electron chi connectivity index (χ1n) is 6.42. The molecule has 0 amide bonds. The Labute approximate surface area is 124 Å². The van der Waals surface area contributed by atoms with Crippen molar-refractivity contribution in [2.24, 2.45) is 0 Å². The normalized spacial score (nSPS) is 11.0. The van der Waals surface area contributed by atoms with E-state index in [2.05, 4.69) is 9.97 Å². The van der Waals surface area contributed by atoms with Gasteiger partial charge in [-0.25, -0.2) is 9.37 Å². The summed E-state index contributed by atoms with van der Waals surface area (Å²) in [6, 6.07) is 5.71. The van der Waals surface area contributed by atoms with Gasteiger partial charge in [0, 0.05) is 4.88 Å². The standard InChI is InChI=1S/C15H13FN2O2S/c1-8-9(2)21-15-13(8)14(19)17-12(18-15)7-20-11-5-3-10(16)4-6-11/h3-6H,7H2,1-2H3,(H,17,18,19). The number of benzene rings is 1. The van der Waals surface area contributed by atoms with Crippen LogP contribution in [0.25, 0.3) is 10.2 Å². The van der Waals surface area contributed by atoms with E-state index in [1.165, 1.54) is 35.6 Å². The third-order valence-electron chi connectivity index (χ3n) is 3.28. The fraction of sp³-hybridized carbons (Fsp3) is 0.200. The number of fused-ring (bicyclic) bond motifs is 1. The maximum absolute atomic E-state index is 12.8. The molecule has 0 spiro atoms. The minimum atomic E-state index is -0.320. The highest BCUT2D eigenvalue weighted by molar-refractivity contribution is 7.18. The molecule has 1 aromatic carbocycles. The van der Waals surface area contributed by atoms with Gasteiger partial charge in [-0.05, 0) is 43.7 Å². The monoisotopic (exact) mass is 304 g/mol. The van der Waals surface area contributed by atoms with Gasteiger partial charge in [-0.2, -0.15) is 0 Å². The maximum atomic E-state index is 12.8. The van der Waals surface area contributed by atoms with Crippen LogP contribution in [-0.4, -0.2) is 9.97 Å². The van der Waals surface area contributed by atoms with E-state index in [9.17, 15) is 9.18 Å². The number of rotatable bonds is 3. The smallest absolute Gasteiger partial charge is 0.260 e. The third kappa shape index (κ3) is 2.67. The fourth-order valence-electron chi connectivity index (χ4n) is 2.05. The van der Waals surface area contributed by atoms with Gasteiger partial charge in [0.1, 0.15) is 28.8 Å². The van der Waals surface area contributed by atoms with Gasteiger partial charge in [0.25, 0.3) is 5.56 Å². The molecule has 3 rings (SSSR count). The number of nitrogens with zero attached hydrogens (tertiary/aromatic N) is 1. The average Bonchev–Trinajstić information content (AvgIpc) is 2.74. The molecule has 21 heavy (non-hydrogen) atoms. The summed E-state index contributed by atoms with van der Waals surface area (Å²) in [5.74, 6) is 0.663. The molecule has 6 heteroatoms. The lowest BCUT2D eigenvalue weighted by Gasteiger charge is -2.05. The first-order valence-corrected chi connectivity index (χ1v) is 7.23. The van der Waals surface area contributed by atoms with Crippen LogP contribution in [0.5, 0.6) is 5.75 Å². The number of aryl methyl sites for hydroxylation is 2. The van der Waals surface area contributed by atoms with Crippen LogP contribution in [0.4, 0.5) is 4.39 Å². The summed E-state index contributed by atoms with van der Waals surface area (Å²) in [5, 5.41) is 0.642. The predicted octanol–water partition coefficient (Wildman–Crippen LogP) is 3.32. The van der Waals surface area contributed by atoms with E-state index < -0.39 is 0 Å². The molecule has 1 N–H and O–H groups in total. The number of ether oxygens (including phenoxy) is 1. The minimum absolute atomic E-state index is 0.132. The summed E-state index contributed by atoms with van der Waals surface area (Å²) >= 11 is 1.49.